The standard InChI is InChI=1S/C54H61N/c1-50(2,3)40-22-14-34(15-23-40)37-20-28-47-43(30-37)53(10,11)45-32-39(36-18-26-42(27-19-36)52(7,8)9)33-46-49(45)55(47)48-29-21-38(31-44(48)54(46,12)13)35-16-24-41(25-17-35)51(4,5)6/h14-16,18-33,35H,17H2,1-13H3. The maximum Gasteiger partial charge on any atom is 0.0544 e. The molecule has 0 saturated carbocycles. The molecule has 8 rings (SSSR count). The Morgan fingerprint density at radius 1 is 0.491 bits per heavy atom. The van der Waals surface area contributed by atoms with Crippen molar-refractivity contribution in [2.24, 2.45) is 5.41 Å². The molecule has 1 nitrogen and oxygen atoms in total. The Labute approximate surface area is 332 Å². The van der Waals surface area contributed by atoms with Crippen LogP contribution in [0.3, 0.4) is 0 Å². The van der Waals surface area contributed by atoms with E-state index in [9.17, 15) is 0 Å². The van der Waals surface area contributed by atoms with Gasteiger partial charge in [0.2, 0.25) is 0 Å². The molecule has 1 heteroatoms. The lowest BCUT2D eigenvalue weighted by atomic mass is 9.65. The van der Waals surface area contributed by atoms with Crippen LogP contribution in [0, 0.1) is 5.41 Å². The van der Waals surface area contributed by atoms with Gasteiger partial charge in [0, 0.05) is 16.7 Å². The summed E-state index contributed by atoms with van der Waals surface area (Å²) < 4.78 is 0. The minimum absolute atomic E-state index is 0.110. The number of anilines is 3. The van der Waals surface area contributed by atoms with E-state index in [-0.39, 0.29) is 27.1 Å². The fourth-order valence-electron chi connectivity index (χ4n) is 9.30. The first-order chi connectivity index (χ1) is 25.7. The smallest absolute Gasteiger partial charge is 0.0544 e. The van der Waals surface area contributed by atoms with E-state index in [0.29, 0.717) is 5.92 Å². The summed E-state index contributed by atoms with van der Waals surface area (Å²) in [6, 6.07) is 38.2. The van der Waals surface area contributed by atoms with Crippen LogP contribution >= 0.6 is 0 Å². The Hall–Kier alpha value is -4.62. The van der Waals surface area contributed by atoms with Crippen molar-refractivity contribution in [2.75, 3.05) is 4.90 Å². The van der Waals surface area contributed by atoms with Gasteiger partial charge in [-0.05, 0) is 120 Å². The van der Waals surface area contributed by atoms with Crippen molar-refractivity contribution in [2.45, 2.75) is 124 Å². The predicted molar refractivity (Wildman–Crippen MR) is 238 cm³/mol. The summed E-state index contributed by atoms with van der Waals surface area (Å²) in [6.07, 6.45) is 8.32. The van der Waals surface area contributed by atoms with Crippen molar-refractivity contribution < 1.29 is 0 Å². The van der Waals surface area contributed by atoms with E-state index in [4.69, 9.17) is 0 Å². The number of rotatable bonds is 3. The van der Waals surface area contributed by atoms with Gasteiger partial charge in [0.05, 0.1) is 17.1 Å². The fourth-order valence-corrected chi connectivity index (χ4v) is 9.30. The van der Waals surface area contributed by atoms with Gasteiger partial charge >= 0.3 is 0 Å². The van der Waals surface area contributed by atoms with Gasteiger partial charge in [0.15, 0.2) is 0 Å². The molecule has 2 heterocycles. The van der Waals surface area contributed by atoms with E-state index in [2.05, 4.69) is 210 Å². The lowest BCUT2D eigenvalue weighted by Crippen LogP contribution is -2.38. The SMILES string of the molecule is CC(C)(C)C1=CCC(c2ccc3c(c2)C(C)(C)c2cc(-c4ccc(C(C)(C)C)cc4)cc4c2N3c2ccc(-c3ccc(C(C)(C)C)cc3)cc2C4(C)C)C=C1. The first-order valence-corrected chi connectivity index (χ1v) is 20.5. The van der Waals surface area contributed by atoms with Gasteiger partial charge in [0.1, 0.15) is 0 Å². The first kappa shape index (κ1) is 37.3. The normalized spacial score (nSPS) is 18.3. The van der Waals surface area contributed by atoms with Crippen LogP contribution in [0.1, 0.15) is 141 Å². The summed E-state index contributed by atoms with van der Waals surface area (Å²) in [7, 11) is 0. The summed E-state index contributed by atoms with van der Waals surface area (Å²) in [5.41, 5.74) is 20.1. The third kappa shape index (κ3) is 6.23. The number of fused-ring (bicyclic) bond motifs is 4. The van der Waals surface area contributed by atoms with Crippen LogP contribution in [0.2, 0.25) is 0 Å². The maximum absolute atomic E-state index is 2.61. The average Bonchev–Trinajstić information content (AvgIpc) is 3.13. The van der Waals surface area contributed by atoms with Gasteiger partial charge in [-0.15, -0.1) is 0 Å². The van der Waals surface area contributed by atoms with Crippen molar-refractivity contribution in [3.8, 4) is 22.3 Å². The minimum Gasteiger partial charge on any atom is -0.309 e. The van der Waals surface area contributed by atoms with Crippen LogP contribution in [0.4, 0.5) is 17.1 Å². The molecule has 0 bridgehead atoms. The quantitative estimate of drug-likeness (QED) is 0.179. The second-order valence-corrected chi connectivity index (χ2v) is 20.8. The molecule has 282 valence electrons. The minimum atomic E-state index is -0.226. The molecule has 0 spiro atoms. The van der Waals surface area contributed by atoms with Crippen molar-refractivity contribution in [3.05, 3.63) is 160 Å². The second kappa shape index (κ2) is 12.4. The Kier molecular flexibility index (Phi) is 8.44. The summed E-state index contributed by atoms with van der Waals surface area (Å²) in [5, 5.41) is 0. The van der Waals surface area contributed by atoms with Crippen LogP contribution in [-0.2, 0) is 21.7 Å². The summed E-state index contributed by atoms with van der Waals surface area (Å²) >= 11 is 0. The molecule has 0 fully saturated rings. The summed E-state index contributed by atoms with van der Waals surface area (Å²) in [5.74, 6) is 0.372. The molecule has 5 aromatic carbocycles. The third-order valence-electron chi connectivity index (χ3n) is 13.1. The van der Waals surface area contributed by atoms with E-state index in [1.54, 1.807) is 0 Å². The number of hydrogen-bond acceptors (Lipinski definition) is 1. The van der Waals surface area contributed by atoms with Crippen molar-refractivity contribution >= 4 is 17.1 Å². The molecule has 2 aliphatic heterocycles. The molecule has 55 heavy (non-hydrogen) atoms. The Balaban J connectivity index is 1.32. The monoisotopic (exact) mass is 723 g/mol. The van der Waals surface area contributed by atoms with Gasteiger partial charge in [-0.1, -0.05) is 175 Å². The molecule has 1 unspecified atom stereocenters. The second-order valence-electron chi connectivity index (χ2n) is 20.8. The zero-order chi connectivity index (χ0) is 39.5. The van der Waals surface area contributed by atoms with E-state index in [1.165, 1.54) is 83.8 Å². The van der Waals surface area contributed by atoms with E-state index in [0.717, 1.165) is 6.42 Å². The molecule has 0 N–H and O–H groups in total. The first-order valence-electron chi connectivity index (χ1n) is 20.5. The molecule has 0 saturated heterocycles. The van der Waals surface area contributed by atoms with E-state index in [1.807, 2.05) is 0 Å². The van der Waals surface area contributed by atoms with Gasteiger partial charge in [-0.2, -0.15) is 0 Å². The number of allylic oxidation sites excluding steroid dienone is 4. The van der Waals surface area contributed by atoms with Crippen molar-refractivity contribution in [1.29, 1.82) is 0 Å². The van der Waals surface area contributed by atoms with Crippen LogP contribution in [0.15, 0.2) is 121 Å². The molecule has 0 aromatic heterocycles. The maximum atomic E-state index is 2.61. The summed E-state index contributed by atoms with van der Waals surface area (Å²) in [6.45, 7) is 30.5. The van der Waals surface area contributed by atoms with Gasteiger partial charge in [-0.25, -0.2) is 0 Å². The van der Waals surface area contributed by atoms with Crippen LogP contribution in [0.5, 0.6) is 0 Å². The van der Waals surface area contributed by atoms with Crippen molar-refractivity contribution in [1.82, 2.24) is 0 Å². The molecular weight excluding hydrogens is 663 g/mol. The largest absolute Gasteiger partial charge is 0.309 e. The van der Waals surface area contributed by atoms with E-state index >= 15 is 0 Å². The molecular formula is C54H61N. The zero-order valence-corrected chi connectivity index (χ0v) is 35.7. The van der Waals surface area contributed by atoms with Crippen LogP contribution < -0.4 is 4.90 Å². The average molecular weight is 724 g/mol. The summed E-state index contributed by atoms with van der Waals surface area (Å²) in [4.78, 5) is 2.61. The van der Waals surface area contributed by atoms with Crippen LogP contribution in [0.25, 0.3) is 22.3 Å². The topological polar surface area (TPSA) is 3.24 Å². The third-order valence-corrected chi connectivity index (χ3v) is 13.1. The van der Waals surface area contributed by atoms with Crippen molar-refractivity contribution in [3.63, 3.8) is 0 Å². The highest BCUT2D eigenvalue weighted by Gasteiger charge is 2.46. The molecule has 3 aliphatic rings. The highest BCUT2D eigenvalue weighted by Crippen LogP contribution is 2.61. The Morgan fingerprint density at radius 2 is 0.945 bits per heavy atom. The lowest BCUT2D eigenvalue weighted by molar-refractivity contribution is 0.510. The number of nitrogens with zero attached hydrogens (tertiary/aromatic N) is 1. The van der Waals surface area contributed by atoms with E-state index < -0.39 is 0 Å². The highest BCUT2D eigenvalue weighted by atomic mass is 15.2. The fraction of sp³-hybridized carbons (Fsp3) is 0.370. The molecule has 0 radical (unpaired) electrons. The lowest BCUT2D eigenvalue weighted by Gasteiger charge is -2.50. The van der Waals surface area contributed by atoms with Gasteiger partial charge in [0.25, 0.3) is 0 Å². The zero-order valence-electron chi connectivity index (χ0n) is 35.7. The number of hydrogen-bond donors (Lipinski definition) is 0. The molecule has 1 atom stereocenters. The molecule has 5 aromatic rings. The van der Waals surface area contributed by atoms with Crippen LogP contribution in [-0.4, -0.2) is 0 Å². The van der Waals surface area contributed by atoms with Gasteiger partial charge in [-0.3, -0.25) is 0 Å². The highest BCUT2D eigenvalue weighted by molar-refractivity contribution is 5.95. The number of benzene rings is 5. The predicted octanol–water partition coefficient (Wildman–Crippen LogP) is 15.4. The molecule has 0 amide bonds. The molecule has 1 aliphatic carbocycles. The Morgan fingerprint density at radius 3 is 1.42 bits per heavy atom. The Bertz CT molecular complexity index is 2370. The van der Waals surface area contributed by atoms with Gasteiger partial charge < -0.3 is 4.90 Å².